The quantitative estimate of drug-likeness (QED) is 0.886. The summed E-state index contributed by atoms with van der Waals surface area (Å²) in [6.45, 7) is 0. The van der Waals surface area contributed by atoms with E-state index in [1.54, 1.807) is 29.2 Å². The van der Waals surface area contributed by atoms with Crippen LogP contribution in [0.1, 0.15) is 23.2 Å². The average molecular weight is 353 g/mol. The molecule has 2 aromatic carbocycles. The molecule has 1 atom stereocenters. The van der Waals surface area contributed by atoms with Gasteiger partial charge in [0.1, 0.15) is 0 Å². The minimum atomic E-state index is -0.955. The van der Waals surface area contributed by atoms with E-state index in [2.05, 4.69) is 5.32 Å². The highest BCUT2D eigenvalue weighted by Gasteiger charge is 2.57. The van der Waals surface area contributed by atoms with Crippen LogP contribution in [0.4, 0.5) is 11.4 Å². The van der Waals surface area contributed by atoms with Gasteiger partial charge in [-0.25, -0.2) is 0 Å². The third-order valence-electron chi connectivity index (χ3n) is 4.46. The number of nitrogens with two attached hydrogens (primary N) is 1. The minimum absolute atomic E-state index is 0.0447. The van der Waals surface area contributed by atoms with Crippen LogP contribution in [0.2, 0.25) is 0 Å². The molecular weight excluding hydrogens is 338 g/mol. The Morgan fingerprint density at radius 2 is 1.84 bits per heavy atom. The molecule has 1 saturated heterocycles. The number of thioether (sulfide) groups is 1. The van der Waals surface area contributed by atoms with Gasteiger partial charge in [-0.3, -0.25) is 19.3 Å². The lowest BCUT2D eigenvalue weighted by Gasteiger charge is -2.29. The van der Waals surface area contributed by atoms with E-state index in [0.29, 0.717) is 24.1 Å². The van der Waals surface area contributed by atoms with Gasteiger partial charge in [0.2, 0.25) is 11.8 Å². The van der Waals surface area contributed by atoms with E-state index in [4.69, 9.17) is 5.73 Å². The van der Waals surface area contributed by atoms with Crippen molar-refractivity contribution >= 4 is 40.9 Å². The van der Waals surface area contributed by atoms with Crippen LogP contribution in [0.25, 0.3) is 0 Å². The second-order valence-electron chi connectivity index (χ2n) is 5.98. The van der Waals surface area contributed by atoms with Gasteiger partial charge in [0.05, 0.1) is 5.69 Å². The molecule has 126 valence electrons. The fourth-order valence-corrected chi connectivity index (χ4v) is 4.66. The van der Waals surface area contributed by atoms with E-state index in [1.165, 1.54) is 11.8 Å². The molecule has 4 rings (SSSR count). The zero-order valence-electron chi connectivity index (χ0n) is 13.2. The average Bonchev–Trinajstić information content (AvgIpc) is 3.11. The summed E-state index contributed by atoms with van der Waals surface area (Å²) in [7, 11) is 0. The highest BCUT2D eigenvalue weighted by molar-refractivity contribution is 8.02. The summed E-state index contributed by atoms with van der Waals surface area (Å²) >= 11 is 1.41. The number of hydrogen-bond acceptors (Lipinski definition) is 4. The lowest BCUT2D eigenvalue weighted by Crippen LogP contribution is -2.49. The number of carbonyl (C=O) groups excluding carboxylic acids is 3. The van der Waals surface area contributed by atoms with Crippen molar-refractivity contribution in [3.63, 3.8) is 0 Å². The van der Waals surface area contributed by atoms with E-state index in [0.717, 1.165) is 10.6 Å². The summed E-state index contributed by atoms with van der Waals surface area (Å²) in [4.78, 5) is 38.1. The Morgan fingerprint density at radius 1 is 1.12 bits per heavy atom. The molecular formula is C18H15N3O3S. The molecule has 25 heavy (non-hydrogen) atoms. The number of anilines is 2. The van der Waals surface area contributed by atoms with Crippen molar-refractivity contribution in [2.75, 3.05) is 10.2 Å². The van der Waals surface area contributed by atoms with Gasteiger partial charge in [-0.2, -0.15) is 0 Å². The highest BCUT2D eigenvalue weighted by Crippen LogP contribution is 2.55. The molecule has 7 heteroatoms. The first-order valence-electron chi connectivity index (χ1n) is 7.84. The molecule has 0 spiro atoms. The number of rotatable bonds is 3. The maximum absolute atomic E-state index is 13.0. The fraction of sp³-hybridized carbons (Fsp3) is 0.167. The van der Waals surface area contributed by atoms with Crippen molar-refractivity contribution in [3.8, 4) is 0 Å². The highest BCUT2D eigenvalue weighted by atomic mass is 32.2. The SMILES string of the molecule is NC(=O)c1ccc(NC(=O)[C@]23CCC(=O)N2c2ccccc2S3)cc1. The van der Waals surface area contributed by atoms with Gasteiger partial charge in [-0.05, 0) is 42.8 Å². The molecule has 6 nitrogen and oxygen atoms in total. The monoisotopic (exact) mass is 353 g/mol. The number of fused-ring (bicyclic) bond motifs is 3. The topological polar surface area (TPSA) is 92.5 Å². The third kappa shape index (κ3) is 2.39. The summed E-state index contributed by atoms with van der Waals surface area (Å²) in [5.41, 5.74) is 6.94. The number of nitrogens with zero attached hydrogens (tertiary/aromatic N) is 1. The maximum atomic E-state index is 13.0. The van der Waals surface area contributed by atoms with Gasteiger partial charge in [-0.1, -0.05) is 23.9 Å². The number of amides is 3. The van der Waals surface area contributed by atoms with Crippen LogP contribution >= 0.6 is 11.8 Å². The van der Waals surface area contributed by atoms with E-state index in [9.17, 15) is 14.4 Å². The second kappa shape index (κ2) is 5.63. The molecule has 2 aromatic rings. The Hall–Kier alpha value is -2.80. The van der Waals surface area contributed by atoms with E-state index in [-0.39, 0.29) is 11.8 Å². The molecule has 0 unspecified atom stereocenters. The molecule has 0 bridgehead atoms. The largest absolute Gasteiger partial charge is 0.366 e. The number of primary amides is 1. The molecule has 0 saturated carbocycles. The Morgan fingerprint density at radius 3 is 2.56 bits per heavy atom. The summed E-state index contributed by atoms with van der Waals surface area (Å²) in [6, 6.07) is 13.9. The summed E-state index contributed by atoms with van der Waals surface area (Å²) in [5, 5.41) is 2.86. The number of carbonyl (C=O) groups is 3. The maximum Gasteiger partial charge on any atom is 0.261 e. The molecule has 0 aromatic heterocycles. The lowest BCUT2D eigenvalue weighted by molar-refractivity contribution is -0.121. The molecule has 1 fully saturated rings. The van der Waals surface area contributed by atoms with Crippen LogP contribution in [-0.4, -0.2) is 22.6 Å². The van der Waals surface area contributed by atoms with Crippen molar-refractivity contribution in [2.24, 2.45) is 5.73 Å². The molecule has 3 N–H and O–H groups in total. The standard InChI is InChI=1S/C18H15N3O3S/c19-16(23)11-5-7-12(8-6-11)20-17(24)18-10-9-15(22)21(18)13-3-1-2-4-14(13)25-18/h1-8H,9-10H2,(H2,19,23)(H,20,24)/t18-/m1/s1. The Kier molecular flexibility index (Phi) is 3.54. The van der Waals surface area contributed by atoms with Gasteiger partial charge in [0, 0.05) is 22.6 Å². The van der Waals surface area contributed by atoms with Crippen LogP contribution in [0.3, 0.4) is 0 Å². The van der Waals surface area contributed by atoms with E-state index >= 15 is 0 Å². The summed E-state index contributed by atoms with van der Waals surface area (Å²) in [5.74, 6) is -0.811. The zero-order chi connectivity index (χ0) is 17.6. The number of benzene rings is 2. The van der Waals surface area contributed by atoms with Crippen molar-refractivity contribution in [1.82, 2.24) is 0 Å². The summed E-state index contributed by atoms with van der Waals surface area (Å²) in [6.07, 6.45) is 0.797. The molecule has 2 aliphatic heterocycles. The van der Waals surface area contributed by atoms with Crippen molar-refractivity contribution < 1.29 is 14.4 Å². The molecule has 0 radical (unpaired) electrons. The van der Waals surface area contributed by atoms with Crippen molar-refractivity contribution in [2.45, 2.75) is 22.6 Å². The summed E-state index contributed by atoms with van der Waals surface area (Å²) < 4.78 is 0. The number of para-hydroxylation sites is 1. The number of hydrogen-bond donors (Lipinski definition) is 2. The minimum Gasteiger partial charge on any atom is -0.366 e. The zero-order valence-corrected chi connectivity index (χ0v) is 14.0. The first kappa shape index (κ1) is 15.7. The smallest absolute Gasteiger partial charge is 0.261 e. The predicted octanol–water partition coefficient (Wildman–Crippen LogP) is 2.35. The molecule has 0 aliphatic carbocycles. The van der Waals surface area contributed by atoms with Gasteiger partial charge in [-0.15, -0.1) is 0 Å². The fourth-order valence-electron chi connectivity index (χ4n) is 3.25. The van der Waals surface area contributed by atoms with Gasteiger partial charge < -0.3 is 11.1 Å². The molecule has 3 amide bonds. The van der Waals surface area contributed by atoms with E-state index < -0.39 is 10.8 Å². The second-order valence-corrected chi connectivity index (χ2v) is 7.30. The number of nitrogens with one attached hydrogen (secondary N) is 1. The third-order valence-corrected chi connectivity index (χ3v) is 5.93. The Bertz CT molecular complexity index is 897. The molecule has 2 heterocycles. The van der Waals surface area contributed by atoms with Gasteiger partial charge >= 0.3 is 0 Å². The van der Waals surface area contributed by atoms with Crippen LogP contribution in [0, 0.1) is 0 Å². The van der Waals surface area contributed by atoms with E-state index in [1.807, 2.05) is 24.3 Å². The Labute approximate surface area is 148 Å². The van der Waals surface area contributed by atoms with Crippen molar-refractivity contribution in [3.05, 3.63) is 54.1 Å². The first-order valence-corrected chi connectivity index (χ1v) is 8.65. The van der Waals surface area contributed by atoms with Crippen LogP contribution in [0.5, 0.6) is 0 Å². The van der Waals surface area contributed by atoms with Gasteiger partial charge in [0.25, 0.3) is 5.91 Å². The van der Waals surface area contributed by atoms with Crippen LogP contribution in [0.15, 0.2) is 53.4 Å². The lowest BCUT2D eigenvalue weighted by atomic mass is 10.1. The van der Waals surface area contributed by atoms with Crippen LogP contribution < -0.4 is 16.0 Å². The predicted molar refractivity (Wildman–Crippen MR) is 95.3 cm³/mol. The Balaban J connectivity index is 1.63. The van der Waals surface area contributed by atoms with Crippen LogP contribution in [-0.2, 0) is 9.59 Å². The first-order chi connectivity index (χ1) is 12.0. The molecule has 2 aliphatic rings. The van der Waals surface area contributed by atoms with Crippen molar-refractivity contribution in [1.29, 1.82) is 0 Å². The normalized spacial score (nSPS) is 21.0. The van der Waals surface area contributed by atoms with Gasteiger partial charge in [0.15, 0.2) is 4.87 Å².